The normalized spacial score (nSPS) is 19.0. The van der Waals surface area contributed by atoms with E-state index >= 15 is 0 Å². The van der Waals surface area contributed by atoms with Gasteiger partial charge in [-0.3, -0.25) is 14.5 Å². The minimum Gasteiger partial charge on any atom is -0.504 e. The van der Waals surface area contributed by atoms with E-state index in [1.54, 1.807) is 0 Å². The van der Waals surface area contributed by atoms with Gasteiger partial charge in [0.25, 0.3) is 11.8 Å². The number of nitrogens with one attached hydrogen (secondary N) is 1. The Balaban J connectivity index is 1.59. The van der Waals surface area contributed by atoms with Crippen molar-refractivity contribution >= 4 is 89.6 Å². The molecule has 4 rings (SSSR count). The van der Waals surface area contributed by atoms with E-state index < -0.39 is 52.2 Å². The van der Waals surface area contributed by atoms with Crippen molar-refractivity contribution in [1.29, 1.82) is 0 Å². The van der Waals surface area contributed by atoms with Gasteiger partial charge in [-0.05, 0) is 53.4 Å². The molecule has 14 nitrogen and oxygen atoms in total. The highest BCUT2D eigenvalue weighted by Crippen LogP contribution is 2.45. The number of halogens is 2. The van der Waals surface area contributed by atoms with Crippen LogP contribution in [0.1, 0.15) is 25.1 Å². The topological polar surface area (TPSA) is 225 Å². The van der Waals surface area contributed by atoms with Gasteiger partial charge in [0, 0.05) is 15.6 Å². The number of hydrogen-bond acceptors (Lipinski definition) is 12. The number of hydrogen-bond donors (Lipinski definition) is 6. The van der Waals surface area contributed by atoms with Gasteiger partial charge in [-0.25, -0.2) is 14.6 Å². The second kappa shape index (κ2) is 11.5. The molecule has 0 spiro atoms. The number of anilines is 1. The zero-order valence-electron chi connectivity index (χ0n) is 21.0. The Morgan fingerprint density at radius 1 is 1.29 bits per heavy atom. The average molecular weight is 735 g/mol. The number of aromatic hydroxyl groups is 2. The van der Waals surface area contributed by atoms with Crippen LogP contribution in [-0.2, 0) is 30.4 Å². The van der Waals surface area contributed by atoms with Crippen LogP contribution < -0.4 is 11.1 Å². The number of thioether (sulfide) groups is 1. The maximum absolute atomic E-state index is 13.2. The van der Waals surface area contributed by atoms with Gasteiger partial charge in [0.2, 0.25) is 5.60 Å². The number of carbonyl (C=O) groups is 4. The molecule has 218 valence electrons. The molecule has 0 saturated carbocycles. The Morgan fingerprint density at radius 3 is 2.56 bits per heavy atom. The largest absolute Gasteiger partial charge is 0.504 e. The number of carboxylic acids is 2. The van der Waals surface area contributed by atoms with E-state index in [0.717, 1.165) is 16.2 Å². The molecule has 1 fully saturated rings. The summed E-state index contributed by atoms with van der Waals surface area (Å²) in [5.74, 6) is -4.93. The van der Waals surface area contributed by atoms with E-state index in [9.17, 15) is 39.6 Å². The summed E-state index contributed by atoms with van der Waals surface area (Å²) in [6, 6.07) is 0.139. The minimum atomic E-state index is -1.79. The number of benzene rings is 1. The molecule has 1 aromatic carbocycles. The van der Waals surface area contributed by atoms with Crippen LogP contribution in [0.25, 0.3) is 0 Å². The third-order valence-corrected chi connectivity index (χ3v) is 9.63. The molecular weight excluding hydrogens is 714 g/mol. The van der Waals surface area contributed by atoms with E-state index in [0.29, 0.717) is 15.6 Å². The summed E-state index contributed by atoms with van der Waals surface area (Å²) in [6.45, 7) is 2.45. The van der Waals surface area contributed by atoms with Gasteiger partial charge < -0.3 is 36.3 Å². The van der Waals surface area contributed by atoms with Crippen molar-refractivity contribution in [2.24, 2.45) is 5.16 Å². The SMILES string of the molecule is CC(C)(ON=C(C(=O)NC1C(=O)N2C(C(=O)O)=C(Cc3c(Br)cc(O)c(O)c3Br)CS[C@@H]12)c1csc(N)n1)C(=O)O. The Morgan fingerprint density at radius 2 is 1.98 bits per heavy atom. The van der Waals surface area contributed by atoms with Crippen LogP contribution in [0.4, 0.5) is 5.13 Å². The summed E-state index contributed by atoms with van der Waals surface area (Å²) in [4.78, 5) is 60.2. The predicted molar refractivity (Wildman–Crippen MR) is 154 cm³/mol. The fourth-order valence-corrected chi connectivity index (χ4v) is 7.11. The number of nitrogens with zero attached hydrogens (tertiary/aromatic N) is 3. The van der Waals surface area contributed by atoms with Crippen molar-refractivity contribution in [2.75, 3.05) is 11.5 Å². The van der Waals surface area contributed by atoms with Gasteiger partial charge in [-0.2, -0.15) is 0 Å². The van der Waals surface area contributed by atoms with Gasteiger partial charge in [0.15, 0.2) is 22.3 Å². The van der Waals surface area contributed by atoms with Crippen molar-refractivity contribution in [3.05, 3.63) is 42.9 Å². The number of rotatable bonds is 9. The fraction of sp³-hybridized carbons (Fsp3) is 0.304. The maximum atomic E-state index is 13.2. The van der Waals surface area contributed by atoms with Gasteiger partial charge in [-0.15, -0.1) is 23.1 Å². The van der Waals surface area contributed by atoms with Gasteiger partial charge >= 0.3 is 11.9 Å². The highest BCUT2D eigenvalue weighted by Gasteiger charge is 2.54. The summed E-state index contributed by atoms with van der Waals surface area (Å²) in [7, 11) is 0. The molecule has 2 aromatic rings. The molecule has 1 aromatic heterocycles. The van der Waals surface area contributed by atoms with Crippen LogP contribution in [0.5, 0.6) is 11.5 Å². The lowest BCUT2D eigenvalue weighted by Crippen LogP contribution is -2.71. The number of nitrogens with two attached hydrogens (primary N) is 1. The standard InChI is InChI=1S/C23H21Br2N5O9S2/c1-23(2,21(37)38)39-29-13(10-6-41-22(26)27-10)17(33)28-14-18(34)30-15(20(35)36)7(5-40-19(14)30)3-8-9(24)4-11(31)16(32)12(8)25/h4,6,14,19,31-32H,3,5H2,1-2H3,(H2,26,27)(H,28,33)(H,35,36)(H,37,38)/t14?,19-/m0/s1. The number of phenolic OH excluding ortho intramolecular Hbond substituents is 2. The zero-order valence-corrected chi connectivity index (χ0v) is 25.9. The third kappa shape index (κ3) is 5.86. The first-order chi connectivity index (χ1) is 19.1. The van der Waals surface area contributed by atoms with Gasteiger partial charge in [0.05, 0.1) is 4.47 Å². The average Bonchev–Trinajstić information content (AvgIpc) is 3.33. The van der Waals surface area contributed by atoms with E-state index in [4.69, 9.17) is 10.6 Å². The number of aromatic nitrogens is 1. The number of carboxylic acid groups (broad SMARTS) is 2. The van der Waals surface area contributed by atoms with Crippen LogP contribution in [0.2, 0.25) is 0 Å². The van der Waals surface area contributed by atoms with E-state index in [2.05, 4.69) is 47.3 Å². The number of amides is 2. The summed E-state index contributed by atoms with van der Waals surface area (Å²) in [5.41, 5.74) is 4.02. The molecule has 3 heterocycles. The number of oxime groups is 1. The van der Waals surface area contributed by atoms with Crippen molar-refractivity contribution in [3.63, 3.8) is 0 Å². The highest BCUT2D eigenvalue weighted by molar-refractivity contribution is 9.11. The van der Waals surface area contributed by atoms with E-state index in [1.807, 2.05) is 0 Å². The number of thiazole rings is 1. The molecule has 0 bridgehead atoms. The summed E-state index contributed by atoms with van der Waals surface area (Å²) < 4.78 is 0.573. The molecule has 7 N–H and O–H groups in total. The molecule has 1 saturated heterocycles. The number of aliphatic carboxylic acids is 2. The first-order valence-electron chi connectivity index (χ1n) is 11.4. The first kappa shape index (κ1) is 30.6. The monoisotopic (exact) mass is 733 g/mol. The number of β-lactam (4-membered cyclic amide) rings is 1. The van der Waals surface area contributed by atoms with Crippen LogP contribution in [0.15, 0.2) is 36.8 Å². The lowest BCUT2D eigenvalue weighted by Gasteiger charge is -2.49. The van der Waals surface area contributed by atoms with Crippen LogP contribution in [-0.4, -0.2) is 82.5 Å². The molecule has 2 aliphatic heterocycles. The first-order valence-corrected chi connectivity index (χ1v) is 15.0. The zero-order chi connectivity index (χ0) is 30.4. The number of nitrogen functional groups attached to an aromatic ring is 1. The number of phenols is 2. The van der Waals surface area contributed by atoms with Crippen LogP contribution in [0.3, 0.4) is 0 Å². The molecule has 2 amide bonds. The number of fused-ring (bicyclic) bond motifs is 1. The number of carbonyl (C=O) groups excluding carboxylic acids is 2. The van der Waals surface area contributed by atoms with Crippen molar-refractivity contribution < 1.29 is 44.4 Å². The molecule has 0 radical (unpaired) electrons. The Kier molecular flexibility index (Phi) is 8.58. The lowest BCUT2D eigenvalue weighted by atomic mass is 9.98. The molecule has 2 atom stereocenters. The molecule has 0 aliphatic carbocycles. The summed E-state index contributed by atoms with van der Waals surface area (Å²) in [6.07, 6.45) is 0.0237. The Labute approximate surface area is 256 Å². The second-order valence-electron chi connectivity index (χ2n) is 9.23. The Hall–Kier alpha value is -3.35. The van der Waals surface area contributed by atoms with Crippen LogP contribution in [0, 0.1) is 0 Å². The quantitative estimate of drug-likeness (QED) is 0.0944. The third-order valence-electron chi connectivity index (χ3n) is 6.05. The highest BCUT2D eigenvalue weighted by atomic mass is 79.9. The van der Waals surface area contributed by atoms with Crippen molar-refractivity contribution in [1.82, 2.24) is 15.2 Å². The molecular formula is C23H21Br2N5O9S2. The molecule has 18 heteroatoms. The fourth-order valence-electron chi connectivity index (χ4n) is 3.84. The second-order valence-corrected chi connectivity index (χ2v) is 12.9. The van der Waals surface area contributed by atoms with Crippen LogP contribution >= 0.6 is 55.0 Å². The summed E-state index contributed by atoms with van der Waals surface area (Å²) in [5, 5.41) is 46.2. The van der Waals surface area contributed by atoms with E-state index in [-0.39, 0.29) is 38.9 Å². The van der Waals surface area contributed by atoms with Gasteiger partial charge in [-0.1, -0.05) is 21.1 Å². The Bertz CT molecular complexity index is 1540. The predicted octanol–water partition coefficient (Wildman–Crippen LogP) is 2.23. The molecule has 2 aliphatic rings. The van der Waals surface area contributed by atoms with Crippen molar-refractivity contribution in [2.45, 2.75) is 37.3 Å². The minimum absolute atomic E-state index is 0.00664. The molecule has 1 unspecified atom stereocenters. The maximum Gasteiger partial charge on any atom is 0.352 e. The molecule has 41 heavy (non-hydrogen) atoms. The summed E-state index contributed by atoms with van der Waals surface area (Å²) >= 11 is 8.73. The lowest BCUT2D eigenvalue weighted by molar-refractivity contribution is -0.161. The van der Waals surface area contributed by atoms with E-state index in [1.165, 1.54) is 37.1 Å². The van der Waals surface area contributed by atoms with Crippen molar-refractivity contribution in [3.8, 4) is 11.5 Å². The smallest absolute Gasteiger partial charge is 0.352 e. The van der Waals surface area contributed by atoms with Gasteiger partial charge in [0.1, 0.15) is 22.8 Å².